The van der Waals surface area contributed by atoms with Crippen molar-refractivity contribution in [2.24, 2.45) is 0 Å². The van der Waals surface area contributed by atoms with E-state index in [9.17, 15) is 9.18 Å². The third kappa shape index (κ3) is 4.23. The van der Waals surface area contributed by atoms with E-state index in [1.807, 2.05) is 6.92 Å². The van der Waals surface area contributed by atoms with Crippen molar-refractivity contribution in [3.8, 4) is 5.75 Å². The lowest BCUT2D eigenvalue weighted by Gasteiger charge is -2.14. The van der Waals surface area contributed by atoms with Gasteiger partial charge in [0.1, 0.15) is 11.6 Å². The Labute approximate surface area is 104 Å². The molecule has 1 N–H and O–H groups in total. The van der Waals surface area contributed by atoms with Crippen LogP contribution in [0.4, 0.5) is 4.39 Å². The molecular weight excluding hydrogens is 247 g/mol. The van der Waals surface area contributed by atoms with Gasteiger partial charge in [-0.05, 0) is 25.0 Å². The number of halogens is 2. The summed E-state index contributed by atoms with van der Waals surface area (Å²) in [6.45, 7) is 1.96. The Hall–Kier alpha value is -1.29. The van der Waals surface area contributed by atoms with Gasteiger partial charge in [-0.1, -0.05) is 24.9 Å². The van der Waals surface area contributed by atoms with Gasteiger partial charge in [0.05, 0.1) is 5.02 Å². The van der Waals surface area contributed by atoms with Crippen LogP contribution in [0.25, 0.3) is 0 Å². The Morgan fingerprint density at radius 3 is 2.82 bits per heavy atom. The monoisotopic (exact) mass is 260 g/mol. The Morgan fingerprint density at radius 1 is 1.59 bits per heavy atom. The molecule has 0 spiro atoms. The van der Waals surface area contributed by atoms with Crippen LogP contribution in [0, 0.1) is 5.82 Å². The molecular formula is C12H14ClFO3. The van der Waals surface area contributed by atoms with Gasteiger partial charge in [-0.2, -0.15) is 0 Å². The maximum absolute atomic E-state index is 13.1. The molecule has 1 unspecified atom stereocenters. The standard InChI is InChI=1S/C12H14ClFO3/c1-2-3-4-11(12(15)16)17-8-5-6-9(13)10(14)7-8/h5-7,11H,2-4H2,1H3,(H,15,16). The number of carboxylic acid groups (broad SMARTS) is 1. The highest BCUT2D eigenvalue weighted by atomic mass is 35.5. The molecule has 0 aliphatic rings. The third-order valence-electron chi connectivity index (χ3n) is 2.26. The molecule has 0 aromatic heterocycles. The number of carbonyl (C=O) groups is 1. The molecule has 94 valence electrons. The van der Waals surface area contributed by atoms with Crippen LogP contribution in [0.1, 0.15) is 26.2 Å². The maximum Gasteiger partial charge on any atom is 0.344 e. The van der Waals surface area contributed by atoms with Crippen LogP contribution < -0.4 is 4.74 Å². The van der Waals surface area contributed by atoms with Crippen molar-refractivity contribution in [3.63, 3.8) is 0 Å². The highest BCUT2D eigenvalue weighted by Crippen LogP contribution is 2.22. The minimum atomic E-state index is -1.05. The van der Waals surface area contributed by atoms with Crippen LogP contribution in [-0.4, -0.2) is 17.2 Å². The number of hydrogen-bond acceptors (Lipinski definition) is 2. The van der Waals surface area contributed by atoms with Crippen molar-refractivity contribution in [2.75, 3.05) is 0 Å². The summed E-state index contributed by atoms with van der Waals surface area (Å²) in [4.78, 5) is 10.9. The van der Waals surface area contributed by atoms with Crippen molar-refractivity contribution in [1.29, 1.82) is 0 Å². The lowest BCUT2D eigenvalue weighted by Crippen LogP contribution is -2.26. The number of rotatable bonds is 6. The molecule has 3 nitrogen and oxygen atoms in total. The fourth-order valence-corrected chi connectivity index (χ4v) is 1.45. The average molecular weight is 261 g/mol. The topological polar surface area (TPSA) is 46.5 Å². The largest absolute Gasteiger partial charge is 0.479 e. The summed E-state index contributed by atoms with van der Waals surface area (Å²) in [7, 11) is 0. The molecule has 0 fully saturated rings. The molecule has 1 aromatic carbocycles. The van der Waals surface area contributed by atoms with Crippen molar-refractivity contribution in [2.45, 2.75) is 32.3 Å². The van der Waals surface area contributed by atoms with Gasteiger partial charge in [0.2, 0.25) is 0 Å². The van der Waals surface area contributed by atoms with Gasteiger partial charge in [-0.25, -0.2) is 9.18 Å². The van der Waals surface area contributed by atoms with E-state index in [4.69, 9.17) is 21.4 Å². The molecule has 1 aromatic rings. The lowest BCUT2D eigenvalue weighted by molar-refractivity contribution is -0.145. The first-order chi connectivity index (χ1) is 8.04. The predicted molar refractivity (Wildman–Crippen MR) is 63.0 cm³/mol. The van der Waals surface area contributed by atoms with Crippen LogP contribution in [-0.2, 0) is 4.79 Å². The SMILES string of the molecule is CCCCC(Oc1ccc(Cl)c(F)c1)C(=O)O. The molecule has 0 aliphatic heterocycles. The van der Waals surface area contributed by atoms with E-state index in [0.717, 1.165) is 18.9 Å². The van der Waals surface area contributed by atoms with Gasteiger partial charge in [-0.3, -0.25) is 0 Å². The van der Waals surface area contributed by atoms with E-state index >= 15 is 0 Å². The molecule has 1 atom stereocenters. The first kappa shape index (κ1) is 13.8. The first-order valence-corrected chi connectivity index (χ1v) is 5.77. The first-order valence-electron chi connectivity index (χ1n) is 5.39. The zero-order valence-corrected chi connectivity index (χ0v) is 10.2. The number of unbranched alkanes of at least 4 members (excludes halogenated alkanes) is 1. The predicted octanol–water partition coefficient (Wildman–Crippen LogP) is 3.50. The van der Waals surface area contributed by atoms with E-state index in [2.05, 4.69) is 0 Å². The smallest absolute Gasteiger partial charge is 0.344 e. The molecule has 0 saturated heterocycles. The number of hydrogen-bond donors (Lipinski definition) is 1. The van der Waals surface area contributed by atoms with Gasteiger partial charge < -0.3 is 9.84 Å². The van der Waals surface area contributed by atoms with E-state index in [1.165, 1.54) is 12.1 Å². The normalized spacial score (nSPS) is 12.2. The number of carboxylic acids is 1. The Bertz CT molecular complexity index is 395. The summed E-state index contributed by atoms with van der Waals surface area (Å²) in [6, 6.07) is 3.88. The molecule has 0 amide bonds. The van der Waals surface area contributed by atoms with Crippen LogP contribution >= 0.6 is 11.6 Å². The molecule has 0 aliphatic carbocycles. The van der Waals surface area contributed by atoms with Crippen LogP contribution in [0.3, 0.4) is 0 Å². The summed E-state index contributed by atoms with van der Waals surface area (Å²) >= 11 is 5.52. The van der Waals surface area contributed by atoms with Gasteiger partial charge in [0.15, 0.2) is 6.10 Å². The summed E-state index contributed by atoms with van der Waals surface area (Å²) in [5, 5.41) is 8.92. The van der Waals surface area contributed by atoms with Crippen LogP contribution in [0.2, 0.25) is 5.02 Å². The number of ether oxygens (including phenoxy) is 1. The van der Waals surface area contributed by atoms with Crippen LogP contribution in [0.5, 0.6) is 5.75 Å². The average Bonchev–Trinajstić information content (AvgIpc) is 2.28. The van der Waals surface area contributed by atoms with Crippen molar-refractivity contribution < 1.29 is 19.0 Å². The maximum atomic E-state index is 13.1. The summed E-state index contributed by atoms with van der Waals surface area (Å²) < 4.78 is 18.3. The second-order valence-electron chi connectivity index (χ2n) is 3.66. The lowest BCUT2D eigenvalue weighted by atomic mass is 10.1. The zero-order chi connectivity index (χ0) is 12.8. The molecule has 0 bridgehead atoms. The summed E-state index contributed by atoms with van der Waals surface area (Å²) in [5.74, 6) is -1.49. The van der Waals surface area contributed by atoms with E-state index in [-0.39, 0.29) is 10.8 Å². The summed E-state index contributed by atoms with van der Waals surface area (Å²) in [6.07, 6.45) is 1.07. The summed E-state index contributed by atoms with van der Waals surface area (Å²) in [5.41, 5.74) is 0. The molecule has 5 heteroatoms. The number of aliphatic carboxylic acids is 1. The minimum absolute atomic E-state index is 0.0159. The van der Waals surface area contributed by atoms with Crippen molar-refractivity contribution in [3.05, 3.63) is 29.0 Å². The zero-order valence-electron chi connectivity index (χ0n) is 9.45. The fourth-order valence-electron chi connectivity index (χ4n) is 1.34. The highest BCUT2D eigenvalue weighted by Gasteiger charge is 2.19. The van der Waals surface area contributed by atoms with Gasteiger partial charge >= 0.3 is 5.97 Å². The second-order valence-corrected chi connectivity index (χ2v) is 4.07. The van der Waals surface area contributed by atoms with Gasteiger partial charge in [0, 0.05) is 6.07 Å². The van der Waals surface area contributed by atoms with Gasteiger partial charge in [-0.15, -0.1) is 0 Å². The molecule has 0 heterocycles. The quantitative estimate of drug-likeness (QED) is 0.851. The number of benzene rings is 1. The second kappa shape index (κ2) is 6.45. The third-order valence-corrected chi connectivity index (χ3v) is 2.57. The van der Waals surface area contributed by atoms with Crippen LogP contribution in [0.15, 0.2) is 18.2 Å². The van der Waals surface area contributed by atoms with E-state index in [1.54, 1.807) is 0 Å². The molecule has 17 heavy (non-hydrogen) atoms. The van der Waals surface area contributed by atoms with Crippen molar-refractivity contribution in [1.82, 2.24) is 0 Å². The van der Waals surface area contributed by atoms with E-state index < -0.39 is 17.9 Å². The molecule has 0 saturated carbocycles. The van der Waals surface area contributed by atoms with E-state index in [0.29, 0.717) is 6.42 Å². The Balaban J connectivity index is 2.71. The highest BCUT2D eigenvalue weighted by molar-refractivity contribution is 6.30. The Morgan fingerprint density at radius 2 is 2.29 bits per heavy atom. The van der Waals surface area contributed by atoms with Crippen molar-refractivity contribution >= 4 is 17.6 Å². The fraction of sp³-hybridized carbons (Fsp3) is 0.417. The molecule has 1 rings (SSSR count). The minimum Gasteiger partial charge on any atom is -0.479 e. The van der Waals surface area contributed by atoms with Gasteiger partial charge in [0.25, 0.3) is 0 Å². The Kier molecular flexibility index (Phi) is 5.22. The molecule has 0 radical (unpaired) electrons.